The van der Waals surface area contributed by atoms with Crippen LogP contribution in [0.1, 0.15) is 38.2 Å². The lowest BCUT2D eigenvalue weighted by Crippen LogP contribution is -2.29. The first kappa shape index (κ1) is 13.1. The van der Waals surface area contributed by atoms with Crippen LogP contribution in [0.5, 0.6) is 0 Å². The van der Waals surface area contributed by atoms with Gasteiger partial charge in [0.15, 0.2) is 0 Å². The van der Waals surface area contributed by atoms with Crippen molar-refractivity contribution < 1.29 is 4.79 Å². The first-order valence-corrected chi connectivity index (χ1v) is 6.84. The Morgan fingerprint density at radius 2 is 2.17 bits per heavy atom. The number of nitrogens with two attached hydrogens (primary N) is 1. The summed E-state index contributed by atoms with van der Waals surface area (Å²) in [6.45, 7) is 2.14. The van der Waals surface area contributed by atoms with Crippen molar-refractivity contribution in [3.05, 3.63) is 29.8 Å². The number of rotatable bonds is 6. The summed E-state index contributed by atoms with van der Waals surface area (Å²) in [5, 5.41) is 2.99. The highest BCUT2D eigenvalue weighted by atomic mass is 16.1. The molecular formula is C15H22N2O. The largest absolute Gasteiger partial charge is 0.327 e. The van der Waals surface area contributed by atoms with Gasteiger partial charge in [-0.2, -0.15) is 0 Å². The van der Waals surface area contributed by atoms with E-state index in [9.17, 15) is 4.79 Å². The van der Waals surface area contributed by atoms with E-state index in [0.29, 0.717) is 12.3 Å². The Labute approximate surface area is 109 Å². The van der Waals surface area contributed by atoms with Gasteiger partial charge >= 0.3 is 0 Å². The number of carbonyl (C=O) groups is 1. The summed E-state index contributed by atoms with van der Waals surface area (Å²) in [6.07, 6.45) is 4.87. The minimum Gasteiger partial charge on any atom is -0.327 e. The van der Waals surface area contributed by atoms with Crippen molar-refractivity contribution in [1.82, 2.24) is 0 Å². The van der Waals surface area contributed by atoms with Crippen molar-refractivity contribution in [2.75, 3.05) is 5.32 Å². The average Bonchev–Trinajstić information content (AvgIpc) is 3.15. The molecule has 1 saturated carbocycles. The smallest absolute Gasteiger partial charge is 0.225 e. The van der Waals surface area contributed by atoms with E-state index < -0.39 is 0 Å². The fourth-order valence-electron chi connectivity index (χ4n) is 2.24. The van der Waals surface area contributed by atoms with Gasteiger partial charge in [-0.25, -0.2) is 0 Å². The van der Waals surface area contributed by atoms with Crippen LogP contribution in [0, 0.1) is 5.92 Å². The predicted molar refractivity (Wildman–Crippen MR) is 74.4 cm³/mol. The van der Waals surface area contributed by atoms with Crippen LogP contribution in [0.4, 0.5) is 5.69 Å². The van der Waals surface area contributed by atoms with Gasteiger partial charge in [-0.1, -0.05) is 31.5 Å². The monoisotopic (exact) mass is 246 g/mol. The molecule has 0 aliphatic heterocycles. The van der Waals surface area contributed by atoms with E-state index in [0.717, 1.165) is 18.5 Å². The quantitative estimate of drug-likeness (QED) is 0.811. The molecule has 0 saturated heterocycles. The van der Waals surface area contributed by atoms with Gasteiger partial charge in [-0.3, -0.25) is 4.79 Å². The van der Waals surface area contributed by atoms with Gasteiger partial charge in [0.25, 0.3) is 0 Å². The summed E-state index contributed by atoms with van der Waals surface area (Å²) >= 11 is 0. The summed E-state index contributed by atoms with van der Waals surface area (Å²) in [4.78, 5) is 11.9. The van der Waals surface area contributed by atoms with Crippen molar-refractivity contribution in [3.8, 4) is 0 Å². The summed E-state index contributed by atoms with van der Waals surface area (Å²) in [5.41, 5.74) is 8.11. The molecule has 18 heavy (non-hydrogen) atoms. The van der Waals surface area contributed by atoms with E-state index in [1.807, 2.05) is 18.2 Å². The lowest BCUT2D eigenvalue weighted by molar-refractivity contribution is -0.116. The standard InChI is InChI=1S/C15H22N2O/c1-2-5-12-6-3-4-7-14(12)17-15(18)10-13(16)11-8-9-11/h3-4,6-7,11,13H,2,5,8-10,16H2,1H3,(H,17,18). The number of carbonyl (C=O) groups excluding carboxylic acids is 1. The predicted octanol–water partition coefficient (Wildman–Crippen LogP) is 2.71. The van der Waals surface area contributed by atoms with Gasteiger partial charge in [0.2, 0.25) is 5.91 Å². The molecule has 0 spiro atoms. The Bertz CT molecular complexity index is 413. The summed E-state index contributed by atoms with van der Waals surface area (Å²) < 4.78 is 0. The van der Waals surface area contributed by atoms with Crippen molar-refractivity contribution in [2.24, 2.45) is 11.7 Å². The fourth-order valence-corrected chi connectivity index (χ4v) is 2.24. The van der Waals surface area contributed by atoms with Gasteiger partial charge in [0.1, 0.15) is 0 Å². The van der Waals surface area contributed by atoms with Crippen LogP contribution in [0.15, 0.2) is 24.3 Å². The van der Waals surface area contributed by atoms with E-state index >= 15 is 0 Å². The molecule has 3 nitrogen and oxygen atoms in total. The first-order valence-electron chi connectivity index (χ1n) is 6.84. The number of hydrogen-bond donors (Lipinski definition) is 2. The highest BCUT2D eigenvalue weighted by molar-refractivity contribution is 5.91. The Morgan fingerprint density at radius 3 is 2.83 bits per heavy atom. The van der Waals surface area contributed by atoms with Crippen molar-refractivity contribution >= 4 is 11.6 Å². The van der Waals surface area contributed by atoms with E-state index in [4.69, 9.17) is 5.73 Å². The first-order chi connectivity index (χ1) is 8.70. The summed E-state index contributed by atoms with van der Waals surface area (Å²) in [5.74, 6) is 0.611. The Balaban J connectivity index is 1.93. The maximum Gasteiger partial charge on any atom is 0.225 e. The molecule has 2 rings (SSSR count). The van der Waals surface area contributed by atoms with Gasteiger partial charge in [0, 0.05) is 18.2 Å². The fraction of sp³-hybridized carbons (Fsp3) is 0.533. The number of anilines is 1. The molecule has 0 heterocycles. The topological polar surface area (TPSA) is 55.1 Å². The number of amides is 1. The van der Waals surface area contributed by atoms with Crippen molar-refractivity contribution in [2.45, 2.75) is 45.1 Å². The van der Waals surface area contributed by atoms with Crippen LogP contribution < -0.4 is 11.1 Å². The Kier molecular flexibility index (Phi) is 4.37. The third kappa shape index (κ3) is 3.57. The van der Waals surface area contributed by atoms with Crippen LogP contribution in [-0.2, 0) is 11.2 Å². The summed E-state index contributed by atoms with van der Waals surface area (Å²) in [6, 6.07) is 8.03. The minimum atomic E-state index is 0.0309. The molecular weight excluding hydrogens is 224 g/mol. The second kappa shape index (κ2) is 6.01. The normalized spacial score (nSPS) is 16.3. The Hall–Kier alpha value is -1.35. The van der Waals surface area contributed by atoms with Gasteiger partial charge in [-0.05, 0) is 36.8 Å². The zero-order valence-corrected chi connectivity index (χ0v) is 11.0. The highest BCUT2D eigenvalue weighted by Gasteiger charge is 2.29. The maximum absolute atomic E-state index is 11.9. The number of nitrogens with one attached hydrogen (secondary N) is 1. The molecule has 1 aliphatic carbocycles. The van der Waals surface area contributed by atoms with Gasteiger partial charge in [-0.15, -0.1) is 0 Å². The van der Waals surface area contributed by atoms with Crippen LogP contribution in [0.3, 0.4) is 0 Å². The van der Waals surface area contributed by atoms with Crippen LogP contribution in [0.25, 0.3) is 0 Å². The molecule has 1 unspecified atom stereocenters. The molecule has 3 heteroatoms. The van der Waals surface area contributed by atoms with Crippen molar-refractivity contribution in [3.63, 3.8) is 0 Å². The summed E-state index contributed by atoms with van der Waals surface area (Å²) in [7, 11) is 0. The molecule has 0 bridgehead atoms. The van der Waals surface area contributed by atoms with Gasteiger partial charge < -0.3 is 11.1 Å². The molecule has 1 aromatic carbocycles. The third-order valence-electron chi connectivity index (χ3n) is 3.46. The molecule has 0 radical (unpaired) electrons. The van der Waals surface area contributed by atoms with E-state index in [-0.39, 0.29) is 11.9 Å². The zero-order chi connectivity index (χ0) is 13.0. The molecule has 3 N–H and O–H groups in total. The number of para-hydroxylation sites is 1. The third-order valence-corrected chi connectivity index (χ3v) is 3.46. The zero-order valence-electron chi connectivity index (χ0n) is 11.0. The second-order valence-electron chi connectivity index (χ2n) is 5.16. The van der Waals surface area contributed by atoms with Crippen LogP contribution >= 0.6 is 0 Å². The number of aryl methyl sites for hydroxylation is 1. The minimum absolute atomic E-state index is 0.0309. The highest BCUT2D eigenvalue weighted by Crippen LogP contribution is 2.32. The molecule has 1 fully saturated rings. The molecule has 1 atom stereocenters. The maximum atomic E-state index is 11.9. The Morgan fingerprint density at radius 1 is 1.44 bits per heavy atom. The SMILES string of the molecule is CCCc1ccccc1NC(=O)CC(N)C1CC1. The van der Waals surface area contributed by atoms with E-state index in [1.54, 1.807) is 0 Å². The van der Waals surface area contributed by atoms with E-state index in [2.05, 4.69) is 18.3 Å². The average molecular weight is 246 g/mol. The molecule has 1 aromatic rings. The number of hydrogen-bond acceptors (Lipinski definition) is 2. The second-order valence-corrected chi connectivity index (χ2v) is 5.16. The van der Waals surface area contributed by atoms with Gasteiger partial charge in [0.05, 0.1) is 0 Å². The van der Waals surface area contributed by atoms with Crippen LogP contribution in [0.2, 0.25) is 0 Å². The van der Waals surface area contributed by atoms with Crippen LogP contribution in [-0.4, -0.2) is 11.9 Å². The van der Waals surface area contributed by atoms with Crippen molar-refractivity contribution in [1.29, 1.82) is 0 Å². The van der Waals surface area contributed by atoms with E-state index in [1.165, 1.54) is 18.4 Å². The molecule has 1 aliphatic rings. The lowest BCUT2D eigenvalue weighted by Gasteiger charge is -2.13. The lowest BCUT2D eigenvalue weighted by atomic mass is 10.1. The molecule has 0 aromatic heterocycles. The molecule has 98 valence electrons. The molecule has 1 amide bonds. The number of benzene rings is 1.